The second-order valence-corrected chi connectivity index (χ2v) is 6.04. The van der Waals surface area contributed by atoms with Crippen molar-refractivity contribution in [2.75, 3.05) is 18.9 Å². The number of aromatic nitrogens is 4. The fraction of sp³-hybridized carbons (Fsp3) is 0.562. The normalized spacial score (nSPS) is 28.5. The highest BCUT2D eigenvalue weighted by molar-refractivity contribution is 5.81. The molecule has 26 heavy (non-hydrogen) atoms. The molecule has 1 aliphatic heterocycles. The van der Waals surface area contributed by atoms with Gasteiger partial charge >= 0.3 is 6.08 Å². The maximum Gasteiger partial charge on any atom is 0.312 e. The van der Waals surface area contributed by atoms with Gasteiger partial charge in [-0.05, 0) is 6.42 Å². The zero-order valence-electron chi connectivity index (χ0n) is 14.1. The van der Waals surface area contributed by atoms with Gasteiger partial charge in [-0.3, -0.25) is 4.57 Å². The van der Waals surface area contributed by atoms with Gasteiger partial charge in [0.05, 0.1) is 12.9 Å². The molecule has 0 spiro atoms. The number of rotatable bonds is 6. The third-order valence-corrected chi connectivity index (χ3v) is 4.28. The standard InChI is InChI=1S/C16H19F2N5O3/c1-3-5-6-25-7-16(4-2)11(24)9(17)14(26-16)23-8-20-10-12(19)21-15(18)22-13(10)23/h2,8-9,11,14,24H,3,5-7H2,1H3,(H2,19,21,22). The number of unbranched alkanes of at least 4 members (excludes halogenated alkanes) is 1. The fourth-order valence-corrected chi connectivity index (χ4v) is 2.82. The molecule has 0 radical (unpaired) electrons. The Morgan fingerprint density at radius 2 is 2.31 bits per heavy atom. The Labute approximate surface area is 148 Å². The summed E-state index contributed by atoms with van der Waals surface area (Å²) >= 11 is 0. The van der Waals surface area contributed by atoms with E-state index in [-0.39, 0.29) is 23.6 Å². The number of ether oxygens (including phenoxy) is 2. The first-order valence-electron chi connectivity index (χ1n) is 8.14. The molecule has 0 aliphatic carbocycles. The summed E-state index contributed by atoms with van der Waals surface area (Å²) in [6, 6.07) is 0. The number of fused-ring (bicyclic) bond motifs is 1. The summed E-state index contributed by atoms with van der Waals surface area (Å²) in [7, 11) is 0. The van der Waals surface area contributed by atoms with Crippen molar-refractivity contribution in [2.24, 2.45) is 0 Å². The summed E-state index contributed by atoms with van der Waals surface area (Å²) in [6.45, 7) is 2.21. The molecule has 1 aliphatic rings. The van der Waals surface area contributed by atoms with Crippen molar-refractivity contribution in [1.82, 2.24) is 19.5 Å². The number of imidazole rings is 1. The van der Waals surface area contributed by atoms with Crippen molar-refractivity contribution in [1.29, 1.82) is 0 Å². The van der Waals surface area contributed by atoms with Crippen LogP contribution in [-0.2, 0) is 9.47 Å². The maximum atomic E-state index is 14.8. The Morgan fingerprint density at radius 3 is 3.00 bits per heavy atom. The Hall–Kier alpha value is -2.35. The first kappa shape index (κ1) is 18.4. The van der Waals surface area contributed by atoms with Gasteiger partial charge in [-0.1, -0.05) is 19.3 Å². The lowest BCUT2D eigenvalue weighted by Crippen LogP contribution is -2.45. The lowest BCUT2D eigenvalue weighted by Gasteiger charge is -2.25. The van der Waals surface area contributed by atoms with Crippen molar-refractivity contribution < 1.29 is 23.4 Å². The van der Waals surface area contributed by atoms with E-state index in [2.05, 4.69) is 20.9 Å². The van der Waals surface area contributed by atoms with Crippen LogP contribution in [0.15, 0.2) is 6.33 Å². The van der Waals surface area contributed by atoms with Crippen LogP contribution in [0.3, 0.4) is 0 Å². The van der Waals surface area contributed by atoms with Gasteiger partial charge in [0.1, 0.15) is 6.10 Å². The molecule has 140 valence electrons. The Kier molecular flexibility index (Phi) is 5.04. The molecule has 1 fully saturated rings. The highest BCUT2D eigenvalue weighted by Gasteiger charge is 2.56. The molecule has 4 unspecified atom stereocenters. The van der Waals surface area contributed by atoms with E-state index in [1.165, 1.54) is 6.33 Å². The lowest BCUT2D eigenvalue weighted by atomic mass is 9.98. The average Bonchev–Trinajstić information content (AvgIpc) is 3.13. The van der Waals surface area contributed by atoms with Gasteiger partial charge in [0, 0.05) is 6.61 Å². The summed E-state index contributed by atoms with van der Waals surface area (Å²) in [4.78, 5) is 10.9. The van der Waals surface area contributed by atoms with Gasteiger partial charge in [0.25, 0.3) is 0 Å². The number of hydrogen-bond acceptors (Lipinski definition) is 7. The van der Waals surface area contributed by atoms with Crippen molar-refractivity contribution in [2.45, 2.75) is 43.9 Å². The molecule has 0 saturated carbocycles. The molecule has 3 N–H and O–H groups in total. The predicted molar refractivity (Wildman–Crippen MR) is 88.0 cm³/mol. The van der Waals surface area contributed by atoms with Gasteiger partial charge in [0.15, 0.2) is 35.0 Å². The first-order valence-corrected chi connectivity index (χ1v) is 8.14. The second-order valence-electron chi connectivity index (χ2n) is 6.04. The monoisotopic (exact) mass is 367 g/mol. The number of aliphatic hydroxyl groups excluding tert-OH is 1. The van der Waals surface area contributed by atoms with Crippen molar-refractivity contribution in [3.63, 3.8) is 0 Å². The lowest BCUT2D eigenvalue weighted by molar-refractivity contribution is -0.105. The summed E-state index contributed by atoms with van der Waals surface area (Å²) in [6.07, 6.45) is 2.39. The number of terminal acetylenes is 1. The molecule has 0 bridgehead atoms. The summed E-state index contributed by atoms with van der Waals surface area (Å²) in [5.41, 5.74) is 3.96. The van der Waals surface area contributed by atoms with Crippen molar-refractivity contribution in [3.8, 4) is 12.3 Å². The van der Waals surface area contributed by atoms with Crippen LogP contribution in [0, 0.1) is 18.4 Å². The molecule has 10 heteroatoms. The topological polar surface area (TPSA) is 108 Å². The molecule has 2 aromatic rings. The van der Waals surface area contributed by atoms with Crippen molar-refractivity contribution in [3.05, 3.63) is 12.4 Å². The molecular formula is C16H19F2N5O3. The molecular weight excluding hydrogens is 348 g/mol. The summed E-state index contributed by atoms with van der Waals surface area (Å²) in [5.74, 6) is 2.11. The van der Waals surface area contributed by atoms with E-state index in [9.17, 15) is 13.9 Å². The Morgan fingerprint density at radius 1 is 1.54 bits per heavy atom. The molecule has 0 amide bonds. The first-order chi connectivity index (χ1) is 12.4. The Balaban J connectivity index is 1.91. The fourth-order valence-electron chi connectivity index (χ4n) is 2.82. The number of anilines is 1. The van der Waals surface area contributed by atoms with E-state index in [1.54, 1.807) is 0 Å². The molecule has 2 aromatic heterocycles. The van der Waals surface area contributed by atoms with Gasteiger partial charge in [0.2, 0.25) is 0 Å². The van der Waals surface area contributed by atoms with Gasteiger partial charge in [-0.25, -0.2) is 9.37 Å². The number of halogens is 2. The van der Waals surface area contributed by atoms with Crippen LogP contribution in [0.1, 0.15) is 26.0 Å². The molecule has 3 rings (SSSR count). The number of hydrogen-bond donors (Lipinski definition) is 2. The quantitative estimate of drug-likeness (QED) is 0.445. The van der Waals surface area contributed by atoms with Crippen LogP contribution in [0.2, 0.25) is 0 Å². The van der Waals surface area contributed by atoms with Crippen LogP contribution in [-0.4, -0.2) is 55.7 Å². The average molecular weight is 367 g/mol. The molecule has 0 aromatic carbocycles. The van der Waals surface area contributed by atoms with Crippen LogP contribution in [0.4, 0.5) is 14.6 Å². The van der Waals surface area contributed by atoms with E-state index in [4.69, 9.17) is 21.6 Å². The summed E-state index contributed by atoms with van der Waals surface area (Å²) < 4.78 is 40.5. The van der Waals surface area contributed by atoms with E-state index in [0.717, 1.165) is 17.4 Å². The molecule has 4 atom stereocenters. The SMILES string of the molecule is C#CC1(COCCCC)OC(n2cnc3c(N)nc(F)nc32)C(F)C1O. The number of nitrogens with zero attached hydrogens (tertiary/aromatic N) is 4. The Bertz CT molecular complexity index is 839. The van der Waals surface area contributed by atoms with Crippen LogP contribution >= 0.6 is 0 Å². The van der Waals surface area contributed by atoms with Gasteiger partial charge in [-0.2, -0.15) is 14.4 Å². The van der Waals surface area contributed by atoms with E-state index in [1.807, 2.05) is 6.92 Å². The predicted octanol–water partition coefficient (Wildman–Crippen LogP) is 0.964. The zero-order chi connectivity index (χ0) is 18.9. The number of aliphatic hydroxyl groups is 1. The largest absolute Gasteiger partial charge is 0.386 e. The van der Waals surface area contributed by atoms with Crippen LogP contribution < -0.4 is 5.73 Å². The van der Waals surface area contributed by atoms with Crippen LogP contribution in [0.5, 0.6) is 0 Å². The number of alkyl halides is 1. The van der Waals surface area contributed by atoms with Crippen LogP contribution in [0.25, 0.3) is 11.2 Å². The number of nitrogen functional groups attached to an aromatic ring is 1. The van der Waals surface area contributed by atoms with E-state index < -0.39 is 30.2 Å². The highest BCUT2D eigenvalue weighted by Crippen LogP contribution is 2.40. The van der Waals surface area contributed by atoms with E-state index in [0.29, 0.717) is 6.61 Å². The molecule has 8 nitrogen and oxygen atoms in total. The van der Waals surface area contributed by atoms with E-state index >= 15 is 0 Å². The smallest absolute Gasteiger partial charge is 0.312 e. The highest BCUT2D eigenvalue weighted by atomic mass is 19.1. The minimum Gasteiger partial charge on any atom is -0.386 e. The minimum absolute atomic E-state index is 0.0606. The molecule has 3 heterocycles. The van der Waals surface area contributed by atoms with Crippen molar-refractivity contribution >= 4 is 17.0 Å². The third-order valence-electron chi connectivity index (χ3n) is 4.28. The van der Waals surface area contributed by atoms with Gasteiger partial charge < -0.3 is 20.3 Å². The third kappa shape index (κ3) is 2.98. The maximum absolute atomic E-state index is 14.8. The number of nitrogens with two attached hydrogens (primary N) is 1. The van der Waals surface area contributed by atoms with Gasteiger partial charge in [-0.15, -0.1) is 6.42 Å². The second kappa shape index (κ2) is 7.11. The zero-order valence-corrected chi connectivity index (χ0v) is 14.1. The summed E-state index contributed by atoms with van der Waals surface area (Å²) in [5, 5.41) is 10.3. The molecule has 1 saturated heterocycles. The minimum atomic E-state index is -1.91.